The van der Waals surface area contributed by atoms with Crippen molar-refractivity contribution in [3.63, 3.8) is 0 Å². The smallest absolute Gasteiger partial charge is 0.223 e. The molecule has 0 bridgehead atoms. The number of ether oxygens (including phenoxy) is 2. The summed E-state index contributed by atoms with van der Waals surface area (Å²) in [4.78, 5) is 14.9. The van der Waals surface area contributed by atoms with Crippen molar-refractivity contribution in [3.05, 3.63) is 58.7 Å². The normalized spacial score (nSPS) is 15.8. The molecule has 2 aromatic carbocycles. The molecular formula is C24H28N2O3. The van der Waals surface area contributed by atoms with Gasteiger partial charge in [-0.15, -0.1) is 0 Å². The summed E-state index contributed by atoms with van der Waals surface area (Å²) in [5.41, 5.74) is 4.25. The lowest BCUT2D eigenvalue weighted by Gasteiger charge is -2.26. The lowest BCUT2D eigenvalue weighted by Crippen LogP contribution is -2.30. The van der Waals surface area contributed by atoms with Crippen LogP contribution in [0, 0.1) is 25.2 Å². The van der Waals surface area contributed by atoms with Crippen LogP contribution in [-0.4, -0.2) is 31.1 Å². The van der Waals surface area contributed by atoms with Gasteiger partial charge in [-0.25, -0.2) is 0 Å². The first kappa shape index (κ1) is 20.7. The van der Waals surface area contributed by atoms with Gasteiger partial charge in [0.25, 0.3) is 0 Å². The number of rotatable bonds is 7. The Kier molecular flexibility index (Phi) is 6.77. The maximum absolute atomic E-state index is 12.8. The molecule has 1 heterocycles. The van der Waals surface area contributed by atoms with Crippen LogP contribution in [0.5, 0.6) is 11.5 Å². The van der Waals surface area contributed by atoms with Crippen LogP contribution in [0.4, 0.5) is 0 Å². The van der Waals surface area contributed by atoms with E-state index in [1.165, 1.54) is 16.7 Å². The van der Waals surface area contributed by atoms with E-state index in [1.807, 2.05) is 4.90 Å². The quantitative estimate of drug-likeness (QED) is 0.641. The molecule has 1 saturated heterocycles. The third-order valence-electron chi connectivity index (χ3n) is 5.29. The Morgan fingerprint density at radius 2 is 1.93 bits per heavy atom. The zero-order chi connectivity index (χ0) is 20.8. The largest absolute Gasteiger partial charge is 0.493 e. The van der Waals surface area contributed by atoms with Gasteiger partial charge in [-0.05, 0) is 50.8 Å². The second kappa shape index (κ2) is 9.47. The predicted molar refractivity (Wildman–Crippen MR) is 112 cm³/mol. The Bertz CT molecular complexity index is 897. The second-order valence-corrected chi connectivity index (χ2v) is 7.60. The van der Waals surface area contributed by atoms with Gasteiger partial charge in [0, 0.05) is 19.0 Å². The fraction of sp³-hybridized carbons (Fsp3) is 0.417. The molecule has 0 aromatic heterocycles. The third kappa shape index (κ3) is 5.08. The molecular weight excluding hydrogens is 364 g/mol. The molecule has 1 aliphatic heterocycles. The van der Waals surface area contributed by atoms with Crippen LogP contribution in [0.25, 0.3) is 0 Å². The maximum atomic E-state index is 12.8. The standard InChI is InChI=1S/C24H28N2O3/c1-17-12-18(2)14-20(13-17)21-6-4-10-26(21)24(27)7-5-11-29-22-9-8-19(16-25)15-23(22)28-3/h8-9,12-15,21H,4-7,10-11H2,1-3H3. The van der Waals surface area contributed by atoms with E-state index in [9.17, 15) is 4.79 Å². The Balaban J connectivity index is 1.55. The lowest BCUT2D eigenvalue weighted by atomic mass is 9.99. The van der Waals surface area contributed by atoms with Crippen molar-refractivity contribution in [1.82, 2.24) is 4.90 Å². The van der Waals surface area contributed by atoms with E-state index in [2.05, 4.69) is 38.1 Å². The van der Waals surface area contributed by atoms with E-state index in [-0.39, 0.29) is 11.9 Å². The Morgan fingerprint density at radius 1 is 1.17 bits per heavy atom. The molecule has 1 atom stereocenters. The highest BCUT2D eigenvalue weighted by Crippen LogP contribution is 2.33. The van der Waals surface area contributed by atoms with Crippen molar-refractivity contribution in [1.29, 1.82) is 5.26 Å². The minimum Gasteiger partial charge on any atom is -0.493 e. The SMILES string of the molecule is COc1cc(C#N)ccc1OCCCC(=O)N1CCCC1c1cc(C)cc(C)c1. The summed E-state index contributed by atoms with van der Waals surface area (Å²) >= 11 is 0. The number of methoxy groups -OCH3 is 1. The van der Waals surface area contributed by atoms with Gasteiger partial charge >= 0.3 is 0 Å². The van der Waals surface area contributed by atoms with Gasteiger partial charge in [0.15, 0.2) is 11.5 Å². The summed E-state index contributed by atoms with van der Waals surface area (Å²) in [6.45, 7) is 5.45. The van der Waals surface area contributed by atoms with Crippen molar-refractivity contribution in [2.45, 2.75) is 45.6 Å². The number of amides is 1. The molecule has 0 saturated carbocycles. The molecule has 5 heteroatoms. The van der Waals surface area contributed by atoms with Crippen LogP contribution in [0.2, 0.25) is 0 Å². The summed E-state index contributed by atoms with van der Waals surface area (Å²) < 4.78 is 11.1. The van der Waals surface area contributed by atoms with Gasteiger partial charge in [0.05, 0.1) is 31.4 Å². The van der Waals surface area contributed by atoms with Crippen LogP contribution < -0.4 is 9.47 Å². The van der Waals surface area contributed by atoms with Crippen molar-refractivity contribution >= 4 is 5.91 Å². The molecule has 0 aliphatic carbocycles. The molecule has 152 valence electrons. The van der Waals surface area contributed by atoms with E-state index in [1.54, 1.807) is 25.3 Å². The lowest BCUT2D eigenvalue weighted by molar-refractivity contribution is -0.132. The molecule has 5 nitrogen and oxygen atoms in total. The van der Waals surface area contributed by atoms with E-state index in [0.717, 1.165) is 19.4 Å². The number of carbonyl (C=O) groups excluding carboxylic acids is 1. The third-order valence-corrected chi connectivity index (χ3v) is 5.29. The fourth-order valence-electron chi connectivity index (χ4n) is 4.02. The number of hydrogen-bond donors (Lipinski definition) is 0. The second-order valence-electron chi connectivity index (χ2n) is 7.60. The first-order valence-corrected chi connectivity index (χ1v) is 10.1. The number of benzene rings is 2. The number of nitriles is 1. The van der Waals surface area contributed by atoms with Crippen molar-refractivity contribution < 1.29 is 14.3 Å². The average Bonchev–Trinajstić information content (AvgIpc) is 3.20. The summed E-state index contributed by atoms with van der Waals surface area (Å²) in [7, 11) is 1.55. The van der Waals surface area contributed by atoms with Gasteiger partial charge < -0.3 is 14.4 Å². The molecule has 3 rings (SSSR count). The summed E-state index contributed by atoms with van der Waals surface area (Å²) in [6, 6.07) is 13.9. The zero-order valence-corrected chi connectivity index (χ0v) is 17.4. The number of aryl methyl sites for hydroxylation is 2. The average molecular weight is 392 g/mol. The minimum absolute atomic E-state index is 0.181. The maximum Gasteiger partial charge on any atom is 0.223 e. The van der Waals surface area contributed by atoms with E-state index < -0.39 is 0 Å². The van der Waals surface area contributed by atoms with Gasteiger partial charge in [-0.3, -0.25) is 4.79 Å². The Labute approximate surface area is 172 Å². The number of carbonyl (C=O) groups is 1. The topological polar surface area (TPSA) is 62.6 Å². The molecule has 0 N–H and O–H groups in total. The highest BCUT2D eigenvalue weighted by atomic mass is 16.5. The summed E-state index contributed by atoms with van der Waals surface area (Å²) in [5.74, 6) is 1.31. The van der Waals surface area contributed by atoms with Crippen molar-refractivity contribution in [2.24, 2.45) is 0 Å². The van der Waals surface area contributed by atoms with Crippen LogP contribution >= 0.6 is 0 Å². The molecule has 29 heavy (non-hydrogen) atoms. The molecule has 1 amide bonds. The van der Waals surface area contributed by atoms with E-state index in [0.29, 0.717) is 36.5 Å². The molecule has 0 radical (unpaired) electrons. The van der Waals surface area contributed by atoms with Crippen LogP contribution in [0.15, 0.2) is 36.4 Å². The minimum atomic E-state index is 0.181. The van der Waals surface area contributed by atoms with Crippen LogP contribution in [0.3, 0.4) is 0 Å². The fourth-order valence-corrected chi connectivity index (χ4v) is 4.02. The molecule has 1 aliphatic rings. The predicted octanol–water partition coefficient (Wildman–Crippen LogP) is 4.71. The Morgan fingerprint density at radius 3 is 2.62 bits per heavy atom. The monoisotopic (exact) mass is 392 g/mol. The number of nitrogens with zero attached hydrogens (tertiary/aromatic N) is 2. The van der Waals surface area contributed by atoms with Gasteiger partial charge in [0.1, 0.15) is 0 Å². The number of likely N-dealkylation sites (tertiary alicyclic amines) is 1. The van der Waals surface area contributed by atoms with Gasteiger partial charge in [-0.2, -0.15) is 5.26 Å². The first-order chi connectivity index (χ1) is 14.0. The Hall–Kier alpha value is -3.00. The molecule has 0 spiro atoms. The molecule has 1 unspecified atom stereocenters. The van der Waals surface area contributed by atoms with E-state index in [4.69, 9.17) is 14.7 Å². The number of hydrogen-bond acceptors (Lipinski definition) is 4. The van der Waals surface area contributed by atoms with Crippen LogP contribution in [-0.2, 0) is 4.79 Å². The summed E-state index contributed by atoms with van der Waals surface area (Å²) in [5, 5.41) is 8.97. The zero-order valence-electron chi connectivity index (χ0n) is 17.4. The molecule has 1 fully saturated rings. The summed E-state index contributed by atoms with van der Waals surface area (Å²) in [6.07, 6.45) is 3.16. The van der Waals surface area contributed by atoms with Gasteiger partial charge in [0.2, 0.25) is 5.91 Å². The van der Waals surface area contributed by atoms with E-state index >= 15 is 0 Å². The first-order valence-electron chi connectivity index (χ1n) is 10.1. The van der Waals surface area contributed by atoms with Crippen molar-refractivity contribution in [2.75, 3.05) is 20.3 Å². The van der Waals surface area contributed by atoms with Gasteiger partial charge in [-0.1, -0.05) is 29.3 Å². The highest BCUT2D eigenvalue weighted by molar-refractivity contribution is 5.77. The highest BCUT2D eigenvalue weighted by Gasteiger charge is 2.29. The van der Waals surface area contributed by atoms with Crippen LogP contribution in [0.1, 0.15) is 54.0 Å². The molecule has 2 aromatic rings. The van der Waals surface area contributed by atoms with Crippen molar-refractivity contribution in [3.8, 4) is 17.6 Å².